The molecule has 4 aromatic rings. The van der Waals surface area contributed by atoms with Crippen LogP contribution in [-0.2, 0) is 4.74 Å². The molecule has 4 aliphatic rings. The Hall–Kier alpha value is -3.37. The van der Waals surface area contributed by atoms with Gasteiger partial charge in [0.2, 0.25) is 0 Å². The zero-order valence-electron chi connectivity index (χ0n) is 23.6. The van der Waals surface area contributed by atoms with E-state index in [0.29, 0.717) is 37.3 Å². The Morgan fingerprint density at radius 2 is 2.11 bits per heavy atom. The van der Waals surface area contributed by atoms with E-state index in [-0.39, 0.29) is 67.1 Å². The van der Waals surface area contributed by atoms with Crippen LogP contribution in [0.1, 0.15) is 37.7 Å². The van der Waals surface area contributed by atoms with E-state index in [1.807, 2.05) is 6.07 Å². The van der Waals surface area contributed by atoms with E-state index in [4.69, 9.17) is 31.8 Å². The van der Waals surface area contributed by atoms with E-state index in [0.717, 1.165) is 43.6 Å². The zero-order valence-corrected chi connectivity index (χ0v) is 25.2. The Kier molecular flexibility index (Phi) is 6.61. The first-order valence-corrected chi connectivity index (χ1v) is 16.0. The molecule has 2 unspecified atom stereocenters. The van der Waals surface area contributed by atoms with Gasteiger partial charge < -0.3 is 20.1 Å². The summed E-state index contributed by atoms with van der Waals surface area (Å²) >= 11 is 7.75. The monoisotopic (exact) mass is 640 g/mol. The minimum absolute atomic E-state index is 0.00712. The number of alkyl halides is 1. The molecule has 2 N–H and O–H groups in total. The number of nitriles is 1. The van der Waals surface area contributed by atoms with Crippen molar-refractivity contribution in [2.45, 2.75) is 56.0 Å². The average Bonchev–Trinajstić information content (AvgIpc) is 3.45. The highest BCUT2D eigenvalue weighted by Gasteiger charge is 2.50. The molecule has 8 rings (SSSR count). The Labute approximate surface area is 260 Å². The van der Waals surface area contributed by atoms with Crippen LogP contribution < -0.4 is 15.4 Å². The van der Waals surface area contributed by atoms with Gasteiger partial charge in [0.05, 0.1) is 33.0 Å². The van der Waals surface area contributed by atoms with Crippen molar-refractivity contribution in [3.8, 4) is 23.2 Å². The summed E-state index contributed by atoms with van der Waals surface area (Å²) in [6, 6.07) is 6.35. The number of aromatic nitrogens is 2. The number of thiophene rings is 1. The summed E-state index contributed by atoms with van der Waals surface area (Å²) in [6.07, 6.45) is 2.88. The molecule has 2 aromatic carbocycles. The summed E-state index contributed by atoms with van der Waals surface area (Å²) < 4.78 is 58.4. The smallest absolute Gasteiger partial charge is 0.319 e. The largest absolute Gasteiger partial charge is 0.461 e. The van der Waals surface area contributed by atoms with Crippen LogP contribution in [-0.4, -0.2) is 71.6 Å². The molecule has 13 heteroatoms. The summed E-state index contributed by atoms with van der Waals surface area (Å²) in [6.45, 7) is 2.65. The number of rotatable bonds is 5. The number of hydrogen-bond donors (Lipinski definition) is 1. The fourth-order valence-electron chi connectivity index (χ4n) is 7.41. The molecule has 1 saturated carbocycles. The van der Waals surface area contributed by atoms with Crippen LogP contribution in [0.2, 0.25) is 5.02 Å². The highest BCUT2D eigenvalue weighted by atomic mass is 35.5. The van der Waals surface area contributed by atoms with E-state index in [9.17, 15) is 14.0 Å². The lowest BCUT2D eigenvalue weighted by Crippen LogP contribution is -2.43. The van der Waals surface area contributed by atoms with Gasteiger partial charge in [-0.2, -0.15) is 15.2 Å². The molecule has 2 aromatic heterocycles. The summed E-state index contributed by atoms with van der Waals surface area (Å²) in [5.74, 6) is -0.816. The van der Waals surface area contributed by atoms with Crippen LogP contribution in [0.5, 0.6) is 6.01 Å². The Bertz CT molecular complexity index is 1880. The first kappa shape index (κ1) is 28.1. The number of fused-ring (bicyclic) bond motifs is 4. The number of benzene rings is 2. The fourth-order valence-corrected chi connectivity index (χ4v) is 8.65. The molecule has 8 nitrogen and oxygen atoms in total. The quantitative estimate of drug-likeness (QED) is 0.275. The Morgan fingerprint density at radius 1 is 1.25 bits per heavy atom. The van der Waals surface area contributed by atoms with Crippen molar-refractivity contribution in [3.63, 3.8) is 0 Å². The van der Waals surface area contributed by atoms with E-state index in [1.165, 1.54) is 12.1 Å². The van der Waals surface area contributed by atoms with Crippen LogP contribution in [0.25, 0.3) is 32.1 Å². The molecule has 5 heterocycles. The minimum Gasteiger partial charge on any atom is -0.461 e. The van der Waals surface area contributed by atoms with Crippen LogP contribution in [0.15, 0.2) is 18.2 Å². The minimum atomic E-state index is -0.921. The SMILES string of the molecule is N#Cc1c(N)sc2c(F)ccc(-c3c(Cl)cc4c(N5CCCOC6CC65)nc(OC[C@@]56CCCN5C[C@H](F)C6)nc4c3F)c12. The lowest BCUT2D eigenvalue weighted by molar-refractivity contribution is 0.107. The second-order valence-electron chi connectivity index (χ2n) is 12.1. The van der Waals surface area contributed by atoms with Gasteiger partial charge in [0.25, 0.3) is 0 Å². The summed E-state index contributed by atoms with van der Waals surface area (Å²) in [5, 5.41) is 10.6. The molecule has 0 radical (unpaired) electrons. The molecule has 3 saturated heterocycles. The Morgan fingerprint density at radius 3 is 2.95 bits per heavy atom. The number of nitrogens with two attached hydrogens (primary N) is 1. The number of ether oxygens (including phenoxy) is 2. The van der Waals surface area contributed by atoms with Crippen molar-refractivity contribution in [1.29, 1.82) is 5.26 Å². The summed E-state index contributed by atoms with van der Waals surface area (Å²) in [5.41, 5.74) is 5.89. The third-order valence-electron chi connectivity index (χ3n) is 9.52. The molecular formula is C31H28ClF3N6O2S. The van der Waals surface area contributed by atoms with Crippen molar-refractivity contribution in [1.82, 2.24) is 14.9 Å². The van der Waals surface area contributed by atoms with Crippen LogP contribution in [0, 0.1) is 23.0 Å². The van der Waals surface area contributed by atoms with E-state index < -0.39 is 23.3 Å². The summed E-state index contributed by atoms with van der Waals surface area (Å²) in [7, 11) is 0. The highest BCUT2D eigenvalue weighted by molar-refractivity contribution is 7.23. The fraction of sp³-hybridized carbons (Fsp3) is 0.452. The van der Waals surface area contributed by atoms with Gasteiger partial charge in [-0.25, -0.2) is 13.2 Å². The van der Waals surface area contributed by atoms with Crippen LogP contribution >= 0.6 is 22.9 Å². The predicted molar refractivity (Wildman–Crippen MR) is 163 cm³/mol. The number of anilines is 2. The molecule has 228 valence electrons. The zero-order chi connectivity index (χ0) is 30.3. The first-order chi connectivity index (χ1) is 21.3. The van der Waals surface area contributed by atoms with Gasteiger partial charge in [-0.15, -0.1) is 11.3 Å². The first-order valence-electron chi connectivity index (χ1n) is 14.8. The molecule has 44 heavy (non-hydrogen) atoms. The second-order valence-corrected chi connectivity index (χ2v) is 13.6. The normalized spacial score (nSPS) is 26.5. The van der Waals surface area contributed by atoms with Gasteiger partial charge >= 0.3 is 6.01 Å². The third kappa shape index (κ3) is 4.31. The van der Waals surface area contributed by atoms with Gasteiger partial charge in [0.15, 0.2) is 5.82 Å². The van der Waals surface area contributed by atoms with Gasteiger partial charge in [0.1, 0.15) is 41.0 Å². The van der Waals surface area contributed by atoms with Gasteiger partial charge in [-0.3, -0.25) is 4.90 Å². The van der Waals surface area contributed by atoms with Gasteiger partial charge in [-0.05, 0) is 49.9 Å². The predicted octanol–water partition coefficient (Wildman–Crippen LogP) is 6.22. The summed E-state index contributed by atoms with van der Waals surface area (Å²) in [4.78, 5) is 13.6. The second kappa shape index (κ2) is 10.3. The maximum Gasteiger partial charge on any atom is 0.319 e. The number of halogens is 4. The lowest BCUT2D eigenvalue weighted by Gasteiger charge is -2.31. The maximum absolute atomic E-state index is 16.9. The molecule has 0 bridgehead atoms. The van der Waals surface area contributed by atoms with Gasteiger partial charge in [-0.1, -0.05) is 17.7 Å². The van der Waals surface area contributed by atoms with Crippen molar-refractivity contribution >= 4 is 54.7 Å². The Balaban J connectivity index is 1.30. The van der Waals surface area contributed by atoms with Gasteiger partial charge in [0, 0.05) is 42.5 Å². The highest BCUT2D eigenvalue weighted by Crippen LogP contribution is 2.47. The molecule has 4 atom stereocenters. The van der Waals surface area contributed by atoms with Crippen molar-refractivity contribution in [2.24, 2.45) is 0 Å². The van der Waals surface area contributed by atoms with Crippen LogP contribution in [0.3, 0.4) is 0 Å². The number of nitrogens with zero attached hydrogens (tertiary/aromatic N) is 5. The molecule has 0 spiro atoms. The third-order valence-corrected chi connectivity index (χ3v) is 10.8. The van der Waals surface area contributed by atoms with E-state index in [2.05, 4.69) is 14.8 Å². The van der Waals surface area contributed by atoms with E-state index in [1.54, 1.807) is 6.07 Å². The molecular weight excluding hydrogens is 613 g/mol. The maximum atomic E-state index is 16.9. The van der Waals surface area contributed by atoms with Crippen molar-refractivity contribution in [3.05, 3.63) is 40.4 Å². The standard InChI is InChI=1S/C31H28ClF3N6O2S/c32-19-9-17-26(25(35)24(19)16-3-4-20(34)27-23(16)18(12-36)28(37)44-27)38-30(39-29(17)41-7-2-8-42-22-10-21(22)41)43-14-31-5-1-6-40(31)13-15(33)11-31/h3-4,9,15,21-22H,1-2,5-8,10-11,13-14,37H2/t15-,21?,22?,31+/m1/s1. The van der Waals surface area contributed by atoms with Crippen LogP contribution in [0.4, 0.5) is 24.0 Å². The van der Waals surface area contributed by atoms with E-state index >= 15 is 4.39 Å². The molecule has 4 fully saturated rings. The average molecular weight is 641 g/mol. The number of hydrogen-bond acceptors (Lipinski definition) is 9. The lowest BCUT2D eigenvalue weighted by atomic mass is 9.95. The van der Waals surface area contributed by atoms with Crippen molar-refractivity contribution < 1.29 is 22.6 Å². The molecule has 0 amide bonds. The topological polar surface area (TPSA) is 101 Å². The molecule has 3 aliphatic heterocycles. The number of nitrogen functional groups attached to an aromatic ring is 1. The van der Waals surface area contributed by atoms with Crippen molar-refractivity contribution in [2.75, 3.05) is 43.5 Å². The molecule has 1 aliphatic carbocycles.